The molecule has 20 heavy (non-hydrogen) atoms. The Balaban J connectivity index is 1.86. The Labute approximate surface area is 134 Å². The molecular formula is C15H19NOS3. The van der Waals surface area contributed by atoms with Crippen molar-refractivity contribution in [1.82, 2.24) is 4.90 Å². The predicted molar refractivity (Wildman–Crippen MR) is 93.1 cm³/mol. The summed E-state index contributed by atoms with van der Waals surface area (Å²) in [6.07, 6.45) is 0. The molecule has 0 aromatic heterocycles. The number of thioether (sulfide) groups is 2. The van der Waals surface area contributed by atoms with Crippen molar-refractivity contribution in [2.24, 2.45) is 5.92 Å². The van der Waals surface area contributed by atoms with Crippen molar-refractivity contribution in [3.05, 3.63) is 35.9 Å². The highest BCUT2D eigenvalue weighted by Crippen LogP contribution is 2.29. The Kier molecular flexibility index (Phi) is 5.93. The standard InChI is InChI=1S/C15H19NOS3/c1-11(2)13-9-20-15(18)16(13)14(17)10-19-8-12-6-4-3-5-7-12/h3-7,11,13H,8-10H2,1-2H3/t13-/m1/s1. The van der Waals surface area contributed by atoms with Crippen molar-refractivity contribution in [3.8, 4) is 0 Å². The van der Waals surface area contributed by atoms with E-state index in [1.54, 1.807) is 23.5 Å². The van der Waals surface area contributed by atoms with E-state index in [2.05, 4.69) is 26.0 Å². The Bertz CT molecular complexity index is 475. The Morgan fingerprint density at radius 1 is 1.45 bits per heavy atom. The van der Waals surface area contributed by atoms with Gasteiger partial charge in [-0.25, -0.2) is 0 Å². The van der Waals surface area contributed by atoms with Crippen molar-refractivity contribution >= 4 is 46.0 Å². The summed E-state index contributed by atoms with van der Waals surface area (Å²) in [7, 11) is 0. The first-order valence-corrected chi connectivity index (χ1v) is 9.25. The van der Waals surface area contributed by atoms with Crippen LogP contribution in [-0.2, 0) is 10.5 Å². The van der Waals surface area contributed by atoms with E-state index in [1.165, 1.54) is 5.56 Å². The number of hydrogen-bond donors (Lipinski definition) is 0. The molecule has 2 rings (SSSR count). The maximum atomic E-state index is 12.4. The monoisotopic (exact) mass is 325 g/mol. The fourth-order valence-corrected chi connectivity index (χ4v) is 4.62. The molecular weight excluding hydrogens is 306 g/mol. The number of nitrogens with zero attached hydrogens (tertiary/aromatic N) is 1. The topological polar surface area (TPSA) is 20.3 Å². The number of benzene rings is 1. The molecule has 0 N–H and O–H groups in total. The third-order valence-electron chi connectivity index (χ3n) is 3.28. The molecule has 0 unspecified atom stereocenters. The van der Waals surface area contributed by atoms with E-state index in [1.807, 2.05) is 23.1 Å². The molecule has 1 aliphatic heterocycles. The zero-order chi connectivity index (χ0) is 14.5. The van der Waals surface area contributed by atoms with Crippen LogP contribution in [-0.4, -0.2) is 32.7 Å². The van der Waals surface area contributed by atoms with E-state index in [-0.39, 0.29) is 11.9 Å². The van der Waals surface area contributed by atoms with Crippen molar-refractivity contribution in [2.45, 2.75) is 25.6 Å². The van der Waals surface area contributed by atoms with Crippen LogP contribution in [0.3, 0.4) is 0 Å². The van der Waals surface area contributed by atoms with Gasteiger partial charge in [0.25, 0.3) is 0 Å². The number of rotatable bonds is 5. The number of thiocarbonyl (C=S) groups is 1. The van der Waals surface area contributed by atoms with Crippen molar-refractivity contribution in [1.29, 1.82) is 0 Å². The number of amides is 1. The van der Waals surface area contributed by atoms with Gasteiger partial charge in [0.1, 0.15) is 4.32 Å². The maximum Gasteiger partial charge on any atom is 0.238 e. The summed E-state index contributed by atoms with van der Waals surface area (Å²) in [4.78, 5) is 14.2. The van der Waals surface area contributed by atoms with E-state index in [4.69, 9.17) is 12.2 Å². The summed E-state index contributed by atoms with van der Waals surface area (Å²) in [6.45, 7) is 4.30. The molecule has 0 bridgehead atoms. The van der Waals surface area contributed by atoms with Gasteiger partial charge in [0, 0.05) is 17.5 Å². The molecule has 108 valence electrons. The molecule has 1 saturated heterocycles. The summed E-state index contributed by atoms with van der Waals surface area (Å²) < 4.78 is 0.744. The zero-order valence-electron chi connectivity index (χ0n) is 11.7. The van der Waals surface area contributed by atoms with Crippen molar-refractivity contribution in [2.75, 3.05) is 11.5 Å². The van der Waals surface area contributed by atoms with Crippen LogP contribution in [0, 0.1) is 5.92 Å². The van der Waals surface area contributed by atoms with Crippen LogP contribution in [0.15, 0.2) is 30.3 Å². The van der Waals surface area contributed by atoms with Gasteiger partial charge < -0.3 is 0 Å². The van der Waals surface area contributed by atoms with Crippen LogP contribution < -0.4 is 0 Å². The maximum absolute atomic E-state index is 12.4. The van der Waals surface area contributed by atoms with Gasteiger partial charge in [-0.1, -0.05) is 68.2 Å². The second kappa shape index (κ2) is 7.48. The molecule has 1 aromatic carbocycles. The summed E-state index contributed by atoms with van der Waals surface area (Å²) >= 11 is 8.60. The molecule has 1 fully saturated rings. The molecule has 1 amide bonds. The van der Waals surface area contributed by atoms with E-state index < -0.39 is 0 Å². The van der Waals surface area contributed by atoms with Crippen molar-refractivity contribution in [3.63, 3.8) is 0 Å². The van der Waals surface area contributed by atoms with Gasteiger partial charge in [-0.2, -0.15) is 0 Å². The molecule has 0 saturated carbocycles. The lowest BCUT2D eigenvalue weighted by Crippen LogP contribution is -2.42. The van der Waals surface area contributed by atoms with Gasteiger partial charge in [-0.15, -0.1) is 11.8 Å². The molecule has 0 aliphatic carbocycles. The highest BCUT2D eigenvalue weighted by atomic mass is 32.2. The van der Waals surface area contributed by atoms with Gasteiger partial charge in [0.05, 0.1) is 5.75 Å². The molecule has 0 radical (unpaired) electrons. The van der Waals surface area contributed by atoms with Crippen LogP contribution in [0.25, 0.3) is 0 Å². The van der Waals surface area contributed by atoms with Gasteiger partial charge in [-0.3, -0.25) is 9.69 Å². The molecule has 0 spiro atoms. The average molecular weight is 326 g/mol. The highest BCUT2D eigenvalue weighted by Gasteiger charge is 2.35. The first kappa shape index (κ1) is 15.9. The minimum absolute atomic E-state index is 0.152. The molecule has 2 nitrogen and oxygen atoms in total. The fourth-order valence-electron chi connectivity index (χ4n) is 2.11. The van der Waals surface area contributed by atoms with Gasteiger partial charge >= 0.3 is 0 Å². The van der Waals surface area contributed by atoms with E-state index in [0.717, 1.165) is 15.8 Å². The summed E-state index contributed by atoms with van der Waals surface area (Å²) in [6, 6.07) is 10.5. The van der Waals surface area contributed by atoms with Crippen LogP contribution in [0.2, 0.25) is 0 Å². The minimum Gasteiger partial charge on any atom is -0.293 e. The third-order valence-corrected chi connectivity index (χ3v) is 5.77. The van der Waals surface area contributed by atoms with Gasteiger partial charge in [0.2, 0.25) is 5.91 Å². The Morgan fingerprint density at radius 3 is 2.80 bits per heavy atom. The first-order chi connectivity index (χ1) is 9.59. The number of carbonyl (C=O) groups excluding carboxylic acids is 1. The zero-order valence-corrected chi connectivity index (χ0v) is 14.2. The van der Waals surface area contributed by atoms with Crippen LogP contribution in [0.4, 0.5) is 0 Å². The SMILES string of the molecule is CC(C)[C@H]1CSC(=S)N1C(=O)CSCc1ccccc1. The molecule has 5 heteroatoms. The van der Waals surface area contributed by atoms with Crippen LogP contribution in [0.1, 0.15) is 19.4 Å². The smallest absolute Gasteiger partial charge is 0.238 e. The quantitative estimate of drug-likeness (QED) is 0.767. The van der Waals surface area contributed by atoms with Gasteiger partial charge in [0.15, 0.2) is 0 Å². The summed E-state index contributed by atoms with van der Waals surface area (Å²) in [5.41, 5.74) is 1.25. The van der Waals surface area contributed by atoms with E-state index >= 15 is 0 Å². The summed E-state index contributed by atoms with van der Waals surface area (Å²) in [5, 5.41) is 0. The molecule has 1 aliphatic rings. The predicted octanol–water partition coefficient (Wildman–Crippen LogP) is 3.80. The lowest BCUT2D eigenvalue weighted by molar-refractivity contribution is -0.126. The third kappa shape index (κ3) is 3.99. The molecule has 1 heterocycles. The summed E-state index contributed by atoms with van der Waals surface area (Å²) in [5.74, 6) is 2.91. The normalized spacial score (nSPS) is 18.9. The number of carbonyl (C=O) groups is 1. The second-order valence-electron chi connectivity index (χ2n) is 5.13. The fraction of sp³-hybridized carbons (Fsp3) is 0.467. The van der Waals surface area contributed by atoms with E-state index in [9.17, 15) is 4.79 Å². The Hall–Kier alpha value is -0.520. The highest BCUT2D eigenvalue weighted by molar-refractivity contribution is 8.23. The number of hydrogen-bond acceptors (Lipinski definition) is 4. The van der Waals surface area contributed by atoms with Crippen LogP contribution >= 0.6 is 35.7 Å². The van der Waals surface area contributed by atoms with Gasteiger partial charge in [-0.05, 0) is 11.5 Å². The minimum atomic E-state index is 0.152. The van der Waals surface area contributed by atoms with E-state index in [0.29, 0.717) is 11.7 Å². The second-order valence-corrected chi connectivity index (χ2v) is 7.77. The molecule has 1 atom stereocenters. The Morgan fingerprint density at radius 2 is 2.15 bits per heavy atom. The lowest BCUT2D eigenvalue weighted by Gasteiger charge is -2.26. The first-order valence-electron chi connectivity index (χ1n) is 6.70. The largest absolute Gasteiger partial charge is 0.293 e. The van der Waals surface area contributed by atoms with Crippen molar-refractivity contribution < 1.29 is 4.79 Å². The van der Waals surface area contributed by atoms with Crippen LogP contribution in [0.5, 0.6) is 0 Å². The lowest BCUT2D eigenvalue weighted by atomic mass is 10.1. The average Bonchev–Trinajstić information content (AvgIpc) is 2.82. The molecule has 1 aromatic rings.